The summed E-state index contributed by atoms with van der Waals surface area (Å²) >= 11 is 0. The van der Waals surface area contributed by atoms with Gasteiger partial charge in [-0.2, -0.15) is 0 Å². The highest BCUT2D eigenvalue weighted by molar-refractivity contribution is 7.59. The molecule has 0 heterocycles. The minimum absolute atomic E-state index is 0.00148. The molecule has 0 fully saturated rings. The summed E-state index contributed by atoms with van der Waals surface area (Å²) in [6.45, 7) is 20.5. The molecular weight excluding hydrogens is 888 g/mol. The van der Waals surface area contributed by atoms with Crippen molar-refractivity contribution < 1.29 is 94.6 Å². The molecule has 0 radical (unpaired) electrons. The molecule has 0 aliphatic carbocycles. The summed E-state index contributed by atoms with van der Waals surface area (Å²) in [5.74, 6) is 0. The first-order valence-corrected chi connectivity index (χ1v) is 28.3. The van der Waals surface area contributed by atoms with Crippen LogP contribution in [0.3, 0.4) is 0 Å². The number of aliphatic hydroxyl groups excluding tert-OH is 2. The number of hydrogen-bond acceptors (Lipinski definition) is 17. The Balaban J connectivity index is 0. The topological polar surface area (TPSA) is 271 Å². The molecule has 0 rings (SSSR count). The molecule has 61 heavy (non-hydrogen) atoms. The van der Waals surface area contributed by atoms with Crippen LogP contribution in [0, 0.1) is 0 Å². The molecule has 370 valence electrons. The van der Waals surface area contributed by atoms with Gasteiger partial charge in [0, 0.05) is 30.8 Å². The number of aliphatic hydroxyl groups is 2. The van der Waals surface area contributed by atoms with Gasteiger partial charge in [0.25, 0.3) is 0 Å². The third-order valence-electron chi connectivity index (χ3n) is 8.40. The van der Waals surface area contributed by atoms with Crippen molar-refractivity contribution in [1.82, 2.24) is 0 Å². The molecule has 0 amide bonds. The smallest absolute Gasteiger partial charge is 0.330 e. The van der Waals surface area contributed by atoms with E-state index in [-0.39, 0.29) is 51.0 Å². The summed E-state index contributed by atoms with van der Waals surface area (Å²) in [4.78, 5) is 28.7. The molecular formula is C37H82O20P4. The van der Waals surface area contributed by atoms with Crippen molar-refractivity contribution in [2.45, 2.75) is 103 Å². The van der Waals surface area contributed by atoms with Crippen LogP contribution in [0.4, 0.5) is 0 Å². The third kappa shape index (κ3) is 38.1. The Morgan fingerprint density at radius 3 is 1.00 bits per heavy atom. The number of unbranched alkanes of at least 4 members (excludes halogenated alkanes) is 1. The monoisotopic (exact) mass is 970 g/mol. The van der Waals surface area contributed by atoms with Gasteiger partial charge in [-0.1, -0.05) is 55.4 Å². The van der Waals surface area contributed by atoms with Gasteiger partial charge in [-0.25, -0.2) is 0 Å². The maximum absolute atomic E-state index is 12.0. The highest BCUT2D eigenvalue weighted by atomic mass is 31.2. The van der Waals surface area contributed by atoms with Crippen LogP contribution in [0.5, 0.6) is 0 Å². The van der Waals surface area contributed by atoms with Crippen LogP contribution in [0.15, 0.2) is 0 Å². The summed E-state index contributed by atoms with van der Waals surface area (Å²) in [5, 5.41) is 19.3. The molecule has 0 aromatic carbocycles. The lowest BCUT2D eigenvalue weighted by molar-refractivity contribution is -0.0258. The maximum Gasteiger partial charge on any atom is 0.330 e. The van der Waals surface area contributed by atoms with E-state index in [2.05, 4.69) is 0 Å². The van der Waals surface area contributed by atoms with Crippen LogP contribution in [0.25, 0.3) is 0 Å². The standard InChI is InChI=1S/C19H42O10P2.C18H40O10P2/c1-17(2)30(21,22)14-6-5-7-25-8-9-26-10-11-27-12-13-28-15-19(20)16-29-31(23,24)18(3)4;1-16(2)29(5,20)27-13-12-25-9-8-23-6-7-24-10-11-26-14-18(19)15-28-30(21,22)17(3)4/h17-20H,5-16H2,1-4H3,(H,21,22)(H,23,24);16-19H,6-15H2,1-5H3,(H,21,22). The van der Waals surface area contributed by atoms with E-state index in [4.69, 9.17) is 51.5 Å². The summed E-state index contributed by atoms with van der Waals surface area (Å²) in [6.07, 6.45) is -0.203. The molecule has 0 spiro atoms. The first kappa shape index (κ1) is 63.4. The minimum atomic E-state index is -3.68. The van der Waals surface area contributed by atoms with E-state index in [1.165, 1.54) is 0 Å². The summed E-state index contributed by atoms with van der Waals surface area (Å²) in [6, 6.07) is 0. The Kier molecular flexibility index (Phi) is 38.8. The molecule has 5 N–H and O–H groups in total. The first-order valence-electron chi connectivity index (χ1n) is 20.9. The van der Waals surface area contributed by atoms with Gasteiger partial charge in [0.05, 0.1) is 130 Å². The molecule has 24 heteroatoms. The molecule has 0 aromatic rings. The van der Waals surface area contributed by atoms with Gasteiger partial charge >= 0.3 is 15.2 Å². The average Bonchev–Trinajstić information content (AvgIpc) is 3.17. The fourth-order valence-corrected chi connectivity index (χ4v) is 7.06. The average molecular weight is 971 g/mol. The largest absolute Gasteiger partial charge is 0.388 e. The van der Waals surface area contributed by atoms with Crippen molar-refractivity contribution in [2.24, 2.45) is 0 Å². The molecule has 0 aromatic heterocycles. The molecule has 0 saturated heterocycles. The fourth-order valence-electron chi connectivity index (χ4n) is 3.77. The highest BCUT2D eigenvalue weighted by Crippen LogP contribution is 2.49. The zero-order chi connectivity index (χ0) is 46.8. The van der Waals surface area contributed by atoms with Gasteiger partial charge < -0.3 is 76.4 Å². The van der Waals surface area contributed by atoms with E-state index in [0.717, 1.165) is 6.42 Å². The van der Waals surface area contributed by atoms with Crippen LogP contribution in [-0.2, 0) is 69.7 Å². The second-order valence-electron chi connectivity index (χ2n) is 15.2. The van der Waals surface area contributed by atoms with E-state index in [1.807, 2.05) is 13.8 Å². The van der Waals surface area contributed by atoms with Crippen LogP contribution in [-0.4, -0.2) is 198 Å². The quantitative estimate of drug-likeness (QED) is 0.0405. The molecule has 0 aliphatic rings. The van der Waals surface area contributed by atoms with Crippen molar-refractivity contribution >= 4 is 29.9 Å². The second kappa shape index (κ2) is 37.4. The van der Waals surface area contributed by atoms with Crippen molar-refractivity contribution in [3.8, 4) is 0 Å². The zero-order valence-corrected chi connectivity index (χ0v) is 41.7. The molecule has 0 bridgehead atoms. The van der Waals surface area contributed by atoms with Gasteiger partial charge in [0.2, 0.25) is 14.7 Å². The van der Waals surface area contributed by atoms with Crippen molar-refractivity contribution in [3.63, 3.8) is 0 Å². The Morgan fingerprint density at radius 1 is 0.377 bits per heavy atom. The van der Waals surface area contributed by atoms with Crippen LogP contribution in [0.1, 0.15) is 68.2 Å². The van der Waals surface area contributed by atoms with Gasteiger partial charge in [0.1, 0.15) is 12.2 Å². The Labute approximate surface area is 365 Å². The van der Waals surface area contributed by atoms with E-state index in [0.29, 0.717) is 98.5 Å². The second-order valence-corrected chi connectivity index (χ2v) is 26.1. The summed E-state index contributed by atoms with van der Waals surface area (Å²) < 4.78 is 105. The first-order chi connectivity index (χ1) is 28.5. The van der Waals surface area contributed by atoms with Crippen LogP contribution in [0.2, 0.25) is 0 Å². The van der Waals surface area contributed by atoms with Gasteiger partial charge in [-0.15, -0.1) is 0 Å². The predicted molar refractivity (Wildman–Crippen MR) is 234 cm³/mol. The third-order valence-corrected chi connectivity index (χ3v) is 17.2. The molecule has 20 nitrogen and oxygen atoms in total. The zero-order valence-electron chi connectivity index (χ0n) is 38.2. The normalized spacial score (nSPS) is 17.1. The van der Waals surface area contributed by atoms with Gasteiger partial charge in [-0.05, 0) is 12.8 Å². The lowest BCUT2D eigenvalue weighted by Crippen LogP contribution is -2.23. The van der Waals surface area contributed by atoms with Crippen molar-refractivity contribution in [1.29, 1.82) is 0 Å². The van der Waals surface area contributed by atoms with Crippen molar-refractivity contribution in [3.05, 3.63) is 0 Å². The van der Waals surface area contributed by atoms with Gasteiger partial charge in [-0.3, -0.25) is 18.3 Å². The molecule has 6 atom stereocenters. The number of ether oxygens (including phenoxy) is 8. The fraction of sp³-hybridized carbons (Fsp3) is 1.00. The van der Waals surface area contributed by atoms with E-state index < -0.39 is 53.5 Å². The van der Waals surface area contributed by atoms with Crippen LogP contribution < -0.4 is 0 Å². The van der Waals surface area contributed by atoms with E-state index >= 15 is 0 Å². The van der Waals surface area contributed by atoms with E-state index in [1.54, 1.807) is 48.2 Å². The SMILES string of the molecule is CC(C)P(=O)(O)CCCCOCCOCCOCCOCC(O)COP(=O)(O)C(C)C.CC(C)P(C)(=O)OCCOCCOCCOCCOCC(O)COP(=O)(O)C(C)C. The predicted octanol–water partition coefficient (Wildman–Crippen LogP) is 4.84. The number of rotatable bonds is 41. The lowest BCUT2D eigenvalue weighted by Gasteiger charge is -2.18. The molecule has 6 unspecified atom stereocenters. The molecule has 0 saturated carbocycles. The van der Waals surface area contributed by atoms with Crippen LogP contribution >= 0.6 is 29.9 Å². The summed E-state index contributed by atoms with van der Waals surface area (Å²) in [7, 11) is -12.9. The maximum atomic E-state index is 12.0. The van der Waals surface area contributed by atoms with Gasteiger partial charge in [0.15, 0.2) is 0 Å². The minimum Gasteiger partial charge on any atom is -0.388 e. The summed E-state index contributed by atoms with van der Waals surface area (Å²) in [5.41, 5.74) is -1.24. The highest BCUT2D eigenvalue weighted by Gasteiger charge is 2.27. The Morgan fingerprint density at radius 2 is 0.689 bits per heavy atom. The number of hydrogen-bond donors (Lipinski definition) is 5. The Hall–Kier alpha value is 0.280. The van der Waals surface area contributed by atoms with Crippen molar-refractivity contribution in [2.75, 3.05) is 138 Å². The molecule has 0 aliphatic heterocycles. The van der Waals surface area contributed by atoms with E-state index in [9.17, 15) is 43.2 Å². The Bertz CT molecular complexity index is 1230. The lowest BCUT2D eigenvalue weighted by atomic mass is 10.4.